The molecule has 3 amide bonds. The molecule has 0 radical (unpaired) electrons. The van der Waals surface area contributed by atoms with Crippen LogP contribution in [0.2, 0.25) is 0 Å². The van der Waals surface area contributed by atoms with Crippen molar-refractivity contribution in [3.05, 3.63) is 83.9 Å². The van der Waals surface area contributed by atoms with Crippen molar-refractivity contribution in [1.82, 2.24) is 16.0 Å². The average molecular weight is 638 g/mol. The molecule has 0 aromatic heterocycles. The van der Waals surface area contributed by atoms with Gasteiger partial charge in [-0.05, 0) is 42.7 Å². The maximum Gasteiger partial charge on any atom is 0.322 e. The lowest BCUT2D eigenvalue weighted by atomic mass is 9.98. The van der Waals surface area contributed by atoms with Gasteiger partial charge in [0.05, 0.1) is 13.0 Å². The topological polar surface area (TPSA) is 160 Å². The summed E-state index contributed by atoms with van der Waals surface area (Å²) in [4.78, 5) is 59.8. The number of fused-ring (bicyclic) bond motifs is 1. The first-order valence-corrected chi connectivity index (χ1v) is 15.1. The molecular weight excluding hydrogens is 590 g/mol. The summed E-state index contributed by atoms with van der Waals surface area (Å²) in [7, 11) is 1.70. The largest absolute Gasteiger partial charge is 0.480 e. The number of carbonyl (C=O) groups excluding carboxylic acids is 4. The van der Waals surface area contributed by atoms with E-state index in [1.54, 1.807) is 33.9 Å². The molecule has 0 unspecified atom stereocenters. The SMILES string of the molecule is CC(C)(C)OC(=O)C[C@H](NC=O)C(=O)N[C@@H](Cc1cccc2ccccc12)C(=O)NCC(=O)O.CCC.COCc1ccccc1. The summed E-state index contributed by atoms with van der Waals surface area (Å²) in [6.45, 7) is 9.33. The minimum Gasteiger partial charge on any atom is -0.480 e. The van der Waals surface area contributed by atoms with E-state index < -0.39 is 54.4 Å². The van der Waals surface area contributed by atoms with Crippen molar-refractivity contribution in [2.45, 2.75) is 78.2 Å². The van der Waals surface area contributed by atoms with Crippen LogP contribution in [-0.2, 0) is 46.5 Å². The molecular formula is C35H47N3O8. The highest BCUT2D eigenvalue weighted by atomic mass is 16.6. The number of nitrogens with one attached hydrogen (secondary N) is 3. The van der Waals surface area contributed by atoms with Gasteiger partial charge in [-0.25, -0.2) is 0 Å². The molecule has 0 aliphatic heterocycles. The van der Waals surface area contributed by atoms with Crippen molar-refractivity contribution in [3.63, 3.8) is 0 Å². The van der Waals surface area contributed by atoms with Crippen LogP contribution in [0.4, 0.5) is 0 Å². The zero-order valence-electron chi connectivity index (χ0n) is 27.5. The number of aliphatic carboxylic acids is 1. The second-order valence-corrected chi connectivity index (χ2v) is 11.3. The predicted octanol–water partition coefficient (Wildman–Crippen LogP) is 4.16. The zero-order valence-corrected chi connectivity index (χ0v) is 27.5. The third-order valence-electron chi connectivity index (χ3n) is 5.88. The summed E-state index contributed by atoms with van der Waals surface area (Å²) in [6, 6.07) is 20.7. The zero-order chi connectivity index (χ0) is 34.5. The quantitative estimate of drug-likeness (QED) is 0.161. The van der Waals surface area contributed by atoms with Crippen LogP contribution >= 0.6 is 0 Å². The number of carboxylic acids is 1. The molecule has 0 bridgehead atoms. The van der Waals surface area contributed by atoms with E-state index in [1.807, 2.05) is 66.7 Å². The van der Waals surface area contributed by atoms with Crippen LogP contribution in [0, 0.1) is 0 Å². The molecule has 3 rings (SSSR count). The molecule has 0 fully saturated rings. The Balaban J connectivity index is 0.000000737. The predicted molar refractivity (Wildman–Crippen MR) is 177 cm³/mol. The normalized spacial score (nSPS) is 11.7. The number of esters is 1. The van der Waals surface area contributed by atoms with Crippen molar-refractivity contribution < 1.29 is 38.6 Å². The minimum absolute atomic E-state index is 0.0544. The number of carbonyl (C=O) groups is 5. The van der Waals surface area contributed by atoms with Crippen molar-refractivity contribution in [2.75, 3.05) is 13.7 Å². The number of rotatable bonds is 13. The molecule has 0 saturated carbocycles. The van der Waals surface area contributed by atoms with Crippen LogP contribution in [0.15, 0.2) is 72.8 Å². The van der Waals surface area contributed by atoms with Gasteiger partial charge in [0.2, 0.25) is 18.2 Å². The molecule has 0 spiro atoms. The summed E-state index contributed by atoms with van der Waals surface area (Å²) >= 11 is 0. The van der Waals surface area contributed by atoms with Gasteiger partial charge in [-0.1, -0.05) is 93.1 Å². The molecule has 0 aliphatic carbocycles. The van der Waals surface area contributed by atoms with E-state index in [2.05, 4.69) is 29.8 Å². The number of hydrogen-bond acceptors (Lipinski definition) is 7. The van der Waals surface area contributed by atoms with E-state index in [4.69, 9.17) is 14.6 Å². The molecule has 11 heteroatoms. The maximum absolute atomic E-state index is 12.9. The molecule has 0 saturated heterocycles. The van der Waals surface area contributed by atoms with Crippen molar-refractivity contribution in [2.24, 2.45) is 0 Å². The van der Waals surface area contributed by atoms with Gasteiger partial charge in [0.1, 0.15) is 24.2 Å². The Kier molecular flexibility index (Phi) is 18.0. The van der Waals surface area contributed by atoms with E-state index in [1.165, 1.54) is 12.0 Å². The van der Waals surface area contributed by atoms with Gasteiger partial charge in [0.25, 0.3) is 0 Å². The number of carboxylic acid groups (broad SMARTS) is 1. The van der Waals surface area contributed by atoms with Crippen LogP contribution in [0.25, 0.3) is 10.8 Å². The van der Waals surface area contributed by atoms with E-state index in [-0.39, 0.29) is 12.8 Å². The standard InChI is InChI=1S/C24H29N3O7.C8H10O.C3H8/c1-24(2,3)34-21(31)12-18(26-14-28)23(33)27-19(22(32)25-13-20(29)30)11-16-9-6-8-15-7-4-5-10-17(15)16;1-9-7-8-5-3-2-4-6-8;1-3-2/h4-10,14,18-19H,11-13H2,1-3H3,(H,25,32)(H,26,28)(H,27,33)(H,29,30);2-6H,7H2,1H3;3H2,1-2H3/t18-,19-;;/m0../s1. The van der Waals surface area contributed by atoms with Crippen molar-refractivity contribution in [3.8, 4) is 0 Å². The molecule has 46 heavy (non-hydrogen) atoms. The van der Waals surface area contributed by atoms with Crippen LogP contribution < -0.4 is 16.0 Å². The minimum atomic E-state index is -1.28. The number of hydrogen-bond donors (Lipinski definition) is 4. The highest BCUT2D eigenvalue weighted by Gasteiger charge is 2.29. The lowest BCUT2D eigenvalue weighted by Crippen LogP contribution is -2.54. The molecule has 11 nitrogen and oxygen atoms in total. The van der Waals surface area contributed by atoms with E-state index >= 15 is 0 Å². The summed E-state index contributed by atoms with van der Waals surface area (Å²) < 4.78 is 10.1. The summed E-state index contributed by atoms with van der Waals surface area (Å²) in [6.07, 6.45) is 1.14. The fourth-order valence-corrected chi connectivity index (χ4v) is 4.06. The van der Waals surface area contributed by atoms with E-state index in [9.17, 15) is 24.0 Å². The third kappa shape index (κ3) is 15.8. The first kappa shape index (κ1) is 39.3. The Morgan fingerprint density at radius 1 is 0.870 bits per heavy atom. The monoisotopic (exact) mass is 637 g/mol. The summed E-state index contributed by atoms with van der Waals surface area (Å²) in [5, 5.41) is 17.8. The van der Waals surface area contributed by atoms with Gasteiger partial charge in [-0.2, -0.15) is 0 Å². The smallest absolute Gasteiger partial charge is 0.322 e. The van der Waals surface area contributed by atoms with Crippen LogP contribution in [0.3, 0.4) is 0 Å². The lowest BCUT2D eigenvalue weighted by Gasteiger charge is -2.24. The molecule has 3 aromatic rings. The number of amides is 3. The molecule has 2 atom stereocenters. The van der Waals surface area contributed by atoms with Crippen molar-refractivity contribution >= 4 is 40.9 Å². The molecule has 0 heterocycles. The highest BCUT2D eigenvalue weighted by Crippen LogP contribution is 2.20. The second-order valence-electron chi connectivity index (χ2n) is 11.3. The van der Waals surface area contributed by atoms with Gasteiger partial charge < -0.3 is 30.5 Å². The van der Waals surface area contributed by atoms with Gasteiger partial charge in [0.15, 0.2) is 0 Å². The molecule has 3 aromatic carbocycles. The van der Waals surface area contributed by atoms with Crippen LogP contribution in [0.1, 0.15) is 58.6 Å². The van der Waals surface area contributed by atoms with Crippen LogP contribution in [0.5, 0.6) is 0 Å². The number of benzene rings is 3. The second kappa shape index (κ2) is 21.1. The Labute approximate surface area is 271 Å². The van der Waals surface area contributed by atoms with Gasteiger partial charge in [0, 0.05) is 13.5 Å². The molecule has 0 aliphatic rings. The average Bonchev–Trinajstić information content (AvgIpc) is 3.00. The fraction of sp³-hybridized carbons (Fsp3) is 0.400. The van der Waals surface area contributed by atoms with Crippen LogP contribution in [-0.4, -0.2) is 66.6 Å². The first-order valence-electron chi connectivity index (χ1n) is 15.1. The first-order chi connectivity index (χ1) is 21.8. The van der Waals surface area contributed by atoms with Gasteiger partial charge in [-0.15, -0.1) is 0 Å². The molecule has 250 valence electrons. The van der Waals surface area contributed by atoms with Gasteiger partial charge in [-0.3, -0.25) is 24.0 Å². The number of ether oxygens (including phenoxy) is 2. The Morgan fingerprint density at radius 2 is 1.48 bits per heavy atom. The van der Waals surface area contributed by atoms with Crippen molar-refractivity contribution in [1.29, 1.82) is 0 Å². The Bertz CT molecular complexity index is 1380. The maximum atomic E-state index is 12.9. The summed E-state index contributed by atoms with van der Waals surface area (Å²) in [5.41, 5.74) is 1.19. The summed E-state index contributed by atoms with van der Waals surface area (Å²) in [5.74, 6) is -3.45. The Hall–Kier alpha value is -4.77. The number of methoxy groups -OCH3 is 1. The Morgan fingerprint density at radius 3 is 2.07 bits per heavy atom. The lowest BCUT2D eigenvalue weighted by molar-refractivity contribution is -0.156. The fourth-order valence-electron chi connectivity index (χ4n) is 4.06. The third-order valence-corrected chi connectivity index (χ3v) is 5.88. The molecule has 4 N–H and O–H groups in total. The van der Waals surface area contributed by atoms with Gasteiger partial charge >= 0.3 is 11.9 Å². The van der Waals surface area contributed by atoms with E-state index in [0.717, 1.165) is 16.3 Å². The van der Waals surface area contributed by atoms with E-state index in [0.29, 0.717) is 6.61 Å². The highest BCUT2D eigenvalue weighted by molar-refractivity contribution is 5.94.